The molecule has 0 fully saturated rings. The fourth-order valence-corrected chi connectivity index (χ4v) is 4.41. The Morgan fingerprint density at radius 2 is 1.79 bits per heavy atom. The summed E-state index contributed by atoms with van der Waals surface area (Å²) in [5.41, 5.74) is 1.03. The number of hydrogen-bond acceptors (Lipinski definition) is 1. The van der Waals surface area contributed by atoms with E-state index < -0.39 is 0 Å². The first-order chi connectivity index (χ1) is 9.22. The summed E-state index contributed by atoms with van der Waals surface area (Å²) in [6.45, 7) is 0. The van der Waals surface area contributed by atoms with Gasteiger partial charge in [0, 0.05) is 26.5 Å². The van der Waals surface area contributed by atoms with Gasteiger partial charge in [0.2, 0.25) is 0 Å². The van der Waals surface area contributed by atoms with Gasteiger partial charge in [-0.15, -0.1) is 34.5 Å². The lowest BCUT2D eigenvalue weighted by Gasteiger charge is -2.31. The molecule has 0 aliphatic rings. The maximum Gasteiger partial charge on any atom is 0.0332 e. The molecule has 0 N–H and O–H groups in total. The van der Waals surface area contributed by atoms with Crippen LogP contribution < -0.4 is 0 Å². The molecule has 4 heteroatoms. The van der Waals surface area contributed by atoms with Crippen LogP contribution in [0.15, 0.2) is 46.3 Å². The van der Waals surface area contributed by atoms with Gasteiger partial charge in [0.05, 0.1) is 0 Å². The molecule has 2 rings (SSSR count). The molecule has 0 aliphatic carbocycles. The van der Waals surface area contributed by atoms with E-state index in [0.717, 1.165) is 17.3 Å². The number of benzene rings is 1. The highest BCUT2D eigenvalue weighted by atomic mass is 79.9. The molecule has 0 atom stereocenters. The lowest BCUT2D eigenvalue weighted by atomic mass is 9.80. The molecule has 102 valence electrons. The summed E-state index contributed by atoms with van der Waals surface area (Å²) in [5.74, 6) is 1.06. The van der Waals surface area contributed by atoms with Crippen molar-refractivity contribution in [2.24, 2.45) is 0 Å². The molecule has 0 saturated heterocycles. The molecule has 0 nitrogen and oxygen atoms in total. The zero-order valence-corrected chi connectivity index (χ0v) is 14.3. The summed E-state index contributed by atoms with van der Waals surface area (Å²) < 4.78 is 1.09. The van der Waals surface area contributed by atoms with Crippen molar-refractivity contribution in [3.63, 3.8) is 0 Å². The van der Waals surface area contributed by atoms with Gasteiger partial charge >= 0.3 is 0 Å². The normalized spacial score (nSPS) is 11.7. The molecule has 1 aromatic carbocycles. The smallest absolute Gasteiger partial charge is 0.0332 e. The molecular formula is C15H15BrCl2S. The third-order valence-corrected chi connectivity index (χ3v) is 6.04. The Morgan fingerprint density at radius 1 is 1.05 bits per heavy atom. The predicted octanol–water partition coefficient (Wildman–Crippen LogP) is 5.86. The average molecular weight is 378 g/mol. The summed E-state index contributed by atoms with van der Waals surface area (Å²) in [7, 11) is 0. The quantitative estimate of drug-likeness (QED) is 0.553. The molecular weight excluding hydrogens is 363 g/mol. The van der Waals surface area contributed by atoms with Gasteiger partial charge in [-0.25, -0.2) is 0 Å². The molecule has 0 spiro atoms. The van der Waals surface area contributed by atoms with E-state index >= 15 is 0 Å². The van der Waals surface area contributed by atoms with Crippen molar-refractivity contribution in [2.45, 2.75) is 18.3 Å². The van der Waals surface area contributed by atoms with Gasteiger partial charge in [0.25, 0.3) is 0 Å². The topological polar surface area (TPSA) is 0 Å². The number of hydrogen-bond donors (Lipinski definition) is 0. The molecule has 1 heterocycles. The van der Waals surface area contributed by atoms with E-state index in [1.54, 1.807) is 11.3 Å². The Balaban J connectivity index is 2.24. The van der Waals surface area contributed by atoms with Gasteiger partial charge in [-0.3, -0.25) is 0 Å². The first-order valence-electron chi connectivity index (χ1n) is 6.11. The standard InChI is InChI=1S/C15H15BrCl2S/c16-14-6-2-1-5-13(14)15(10-17,11-18)8-7-12-4-3-9-19-12/h1-6,9H,7-8,10-11H2. The monoisotopic (exact) mass is 376 g/mol. The second-order valence-corrected chi connectivity index (χ2v) is 7.03. The van der Waals surface area contributed by atoms with Crippen LogP contribution in [0.5, 0.6) is 0 Å². The van der Waals surface area contributed by atoms with Gasteiger partial charge in [-0.1, -0.05) is 40.2 Å². The number of rotatable bonds is 6. The highest BCUT2D eigenvalue weighted by Crippen LogP contribution is 2.37. The summed E-state index contributed by atoms with van der Waals surface area (Å²) in [4.78, 5) is 1.38. The maximum atomic E-state index is 6.27. The highest BCUT2D eigenvalue weighted by molar-refractivity contribution is 9.10. The third-order valence-electron chi connectivity index (χ3n) is 3.39. The van der Waals surface area contributed by atoms with E-state index in [4.69, 9.17) is 23.2 Å². The highest BCUT2D eigenvalue weighted by Gasteiger charge is 2.32. The summed E-state index contributed by atoms with van der Waals surface area (Å²) in [6, 6.07) is 12.5. The van der Waals surface area contributed by atoms with E-state index in [2.05, 4.69) is 39.5 Å². The lowest BCUT2D eigenvalue weighted by molar-refractivity contribution is 0.492. The molecule has 1 aromatic heterocycles. The zero-order chi connectivity index (χ0) is 13.7. The van der Waals surface area contributed by atoms with E-state index in [1.165, 1.54) is 10.4 Å². The van der Waals surface area contributed by atoms with Crippen LogP contribution in [0.3, 0.4) is 0 Å². The van der Waals surface area contributed by atoms with Crippen molar-refractivity contribution >= 4 is 50.5 Å². The first kappa shape index (κ1) is 15.4. The zero-order valence-electron chi connectivity index (χ0n) is 10.4. The van der Waals surface area contributed by atoms with Crippen molar-refractivity contribution in [1.29, 1.82) is 0 Å². The fraction of sp³-hybridized carbons (Fsp3) is 0.333. The summed E-state index contributed by atoms with van der Waals surface area (Å²) in [5, 5.41) is 2.11. The molecule has 2 aromatic rings. The lowest BCUT2D eigenvalue weighted by Crippen LogP contribution is -2.31. The minimum atomic E-state index is -0.173. The Labute approximate surface area is 136 Å². The predicted molar refractivity (Wildman–Crippen MR) is 89.9 cm³/mol. The van der Waals surface area contributed by atoms with E-state index in [-0.39, 0.29) is 5.41 Å². The van der Waals surface area contributed by atoms with E-state index in [0.29, 0.717) is 11.8 Å². The largest absolute Gasteiger partial charge is 0.149 e. The van der Waals surface area contributed by atoms with Crippen LogP contribution in [-0.2, 0) is 11.8 Å². The molecule has 0 aliphatic heterocycles. The second kappa shape index (κ2) is 7.12. The summed E-state index contributed by atoms with van der Waals surface area (Å²) in [6.07, 6.45) is 1.97. The van der Waals surface area contributed by atoms with Gasteiger partial charge in [-0.05, 0) is 35.9 Å². The van der Waals surface area contributed by atoms with Crippen molar-refractivity contribution in [3.8, 4) is 0 Å². The fourth-order valence-electron chi connectivity index (χ4n) is 2.16. The Bertz CT molecular complexity index is 507. The molecule has 0 saturated carbocycles. The van der Waals surface area contributed by atoms with Crippen molar-refractivity contribution in [3.05, 3.63) is 56.7 Å². The Hall–Kier alpha value is -0.0200. The van der Waals surface area contributed by atoms with Crippen LogP contribution in [0.25, 0.3) is 0 Å². The van der Waals surface area contributed by atoms with Crippen molar-refractivity contribution in [1.82, 2.24) is 0 Å². The van der Waals surface area contributed by atoms with Crippen LogP contribution in [0, 0.1) is 0 Å². The van der Waals surface area contributed by atoms with Crippen LogP contribution in [0.2, 0.25) is 0 Å². The van der Waals surface area contributed by atoms with E-state index in [9.17, 15) is 0 Å². The van der Waals surface area contributed by atoms with Crippen LogP contribution in [-0.4, -0.2) is 11.8 Å². The average Bonchev–Trinajstić information content (AvgIpc) is 2.95. The first-order valence-corrected chi connectivity index (χ1v) is 8.85. The Morgan fingerprint density at radius 3 is 2.37 bits per heavy atom. The third kappa shape index (κ3) is 3.55. The van der Waals surface area contributed by atoms with Gasteiger partial charge in [-0.2, -0.15) is 0 Å². The van der Waals surface area contributed by atoms with Crippen molar-refractivity contribution in [2.75, 3.05) is 11.8 Å². The maximum absolute atomic E-state index is 6.27. The van der Waals surface area contributed by atoms with Crippen LogP contribution in [0.1, 0.15) is 16.9 Å². The SMILES string of the molecule is ClCC(CCl)(CCc1cccs1)c1ccccc1Br. The minimum Gasteiger partial charge on any atom is -0.149 e. The van der Waals surface area contributed by atoms with Gasteiger partial charge < -0.3 is 0 Å². The number of halogens is 3. The van der Waals surface area contributed by atoms with Gasteiger partial charge in [0.15, 0.2) is 0 Å². The Kier molecular flexibility index (Phi) is 5.76. The molecule has 0 radical (unpaired) electrons. The van der Waals surface area contributed by atoms with E-state index in [1.807, 2.05) is 18.2 Å². The van der Waals surface area contributed by atoms with Crippen molar-refractivity contribution < 1.29 is 0 Å². The second-order valence-electron chi connectivity index (χ2n) is 4.61. The molecule has 0 unspecified atom stereocenters. The number of thiophene rings is 1. The molecule has 19 heavy (non-hydrogen) atoms. The van der Waals surface area contributed by atoms with Crippen LogP contribution >= 0.6 is 50.5 Å². The molecule has 0 amide bonds. The number of aryl methyl sites for hydroxylation is 1. The number of alkyl halides is 2. The molecule has 0 bridgehead atoms. The minimum absolute atomic E-state index is 0.173. The summed E-state index contributed by atoms with van der Waals surface area (Å²) >= 11 is 17.9. The van der Waals surface area contributed by atoms with Crippen LogP contribution in [0.4, 0.5) is 0 Å². The van der Waals surface area contributed by atoms with Gasteiger partial charge in [0.1, 0.15) is 0 Å².